The molecule has 178 valence electrons. The third-order valence-electron chi connectivity index (χ3n) is 4.35. The fourth-order valence-electron chi connectivity index (χ4n) is 3.00. The molecule has 0 fully saturated rings. The van der Waals surface area contributed by atoms with Gasteiger partial charge in [0.1, 0.15) is 0 Å². The number of cyclic esters (lactones) is 1. The van der Waals surface area contributed by atoms with Gasteiger partial charge in [0.2, 0.25) is 11.8 Å². The smallest absolute Gasteiger partial charge is 0.363 e. The minimum absolute atomic E-state index is 0.124. The molecule has 1 aliphatic rings. The van der Waals surface area contributed by atoms with E-state index < -0.39 is 11.9 Å². The maximum absolute atomic E-state index is 12.4. The van der Waals surface area contributed by atoms with E-state index in [-0.39, 0.29) is 30.7 Å². The number of nitrogens with zero attached hydrogens (tertiary/aromatic N) is 1. The number of anilines is 1. The first-order valence-electron chi connectivity index (χ1n) is 10.5. The van der Waals surface area contributed by atoms with Crippen molar-refractivity contribution >= 4 is 58.1 Å². The Morgan fingerprint density at radius 3 is 2.50 bits per heavy atom. The van der Waals surface area contributed by atoms with E-state index in [1.807, 2.05) is 6.92 Å². The summed E-state index contributed by atoms with van der Waals surface area (Å²) in [7, 11) is 0. The Hall–Kier alpha value is -3.41. The number of ether oxygens (including phenoxy) is 4. The summed E-state index contributed by atoms with van der Waals surface area (Å²) in [6.07, 6.45) is 1.58. The highest BCUT2D eigenvalue weighted by molar-refractivity contribution is 14.1. The predicted octanol–water partition coefficient (Wildman–Crippen LogP) is 3.93. The van der Waals surface area contributed by atoms with Gasteiger partial charge in [-0.2, -0.15) is 0 Å². The molecule has 0 spiro atoms. The number of esters is 2. The lowest BCUT2D eigenvalue weighted by molar-refractivity contribution is -0.145. The highest BCUT2D eigenvalue weighted by Gasteiger charge is 2.24. The van der Waals surface area contributed by atoms with E-state index >= 15 is 0 Å². The van der Waals surface area contributed by atoms with Crippen molar-refractivity contribution in [1.29, 1.82) is 0 Å². The number of halogens is 1. The number of aliphatic imine (C=N–C) groups is 1. The molecule has 1 amide bonds. The van der Waals surface area contributed by atoms with Gasteiger partial charge < -0.3 is 24.3 Å². The lowest BCUT2D eigenvalue weighted by atomic mass is 10.1. The van der Waals surface area contributed by atoms with Crippen LogP contribution in [0.15, 0.2) is 47.1 Å². The first-order chi connectivity index (χ1) is 16.3. The summed E-state index contributed by atoms with van der Waals surface area (Å²) in [5, 5.41) is 2.67. The highest BCUT2D eigenvalue weighted by atomic mass is 127. The summed E-state index contributed by atoms with van der Waals surface area (Å²) >= 11 is 2.07. The molecular weight excluding hydrogens is 555 g/mol. The van der Waals surface area contributed by atoms with Gasteiger partial charge in [0.05, 0.1) is 16.8 Å². The molecule has 0 bridgehead atoms. The fourth-order valence-corrected chi connectivity index (χ4v) is 3.78. The van der Waals surface area contributed by atoms with Crippen LogP contribution in [0.4, 0.5) is 5.69 Å². The van der Waals surface area contributed by atoms with Crippen LogP contribution >= 0.6 is 22.6 Å². The lowest BCUT2D eigenvalue weighted by Gasteiger charge is -2.14. The van der Waals surface area contributed by atoms with Crippen molar-refractivity contribution in [3.05, 3.63) is 56.8 Å². The first kappa shape index (κ1) is 25.2. The maximum Gasteiger partial charge on any atom is 0.363 e. The normalized spacial score (nSPS) is 13.8. The van der Waals surface area contributed by atoms with Crippen LogP contribution in [0.5, 0.6) is 11.5 Å². The van der Waals surface area contributed by atoms with Gasteiger partial charge in [-0.3, -0.25) is 4.79 Å². The standard InChI is InChI=1S/C24H23IN2O7/c1-4-31-20-12-15(10-18(25)22(20)33-13-21(29)32-5-2)11-19-24(30)34-23(27-19)16-6-8-17(9-7-16)26-14(3)28/h6-12H,4-5,13H2,1-3H3,(H,26,28)/b19-11-. The average Bonchev–Trinajstić information content (AvgIpc) is 3.14. The molecule has 0 saturated heterocycles. The Balaban J connectivity index is 1.84. The van der Waals surface area contributed by atoms with Crippen molar-refractivity contribution < 1.29 is 33.3 Å². The molecule has 3 rings (SSSR count). The van der Waals surface area contributed by atoms with Crippen molar-refractivity contribution in [2.45, 2.75) is 20.8 Å². The highest BCUT2D eigenvalue weighted by Crippen LogP contribution is 2.35. The van der Waals surface area contributed by atoms with Gasteiger partial charge in [0.15, 0.2) is 23.8 Å². The third kappa shape index (κ3) is 6.56. The Morgan fingerprint density at radius 1 is 1.12 bits per heavy atom. The molecule has 10 heteroatoms. The van der Waals surface area contributed by atoms with Gasteiger partial charge in [-0.25, -0.2) is 14.6 Å². The van der Waals surface area contributed by atoms with E-state index in [9.17, 15) is 14.4 Å². The second-order valence-corrected chi connectivity index (χ2v) is 8.11. The van der Waals surface area contributed by atoms with Crippen molar-refractivity contribution in [2.75, 3.05) is 25.1 Å². The monoisotopic (exact) mass is 578 g/mol. The number of amides is 1. The number of carbonyl (C=O) groups is 3. The lowest BCUT2D eigenvalue weighted by Crippen LogP contribution is -2.15. The molecule has 0 aliphatic carbocycles. The van der Waals surface area contributed by atoms with Gasteiger partial charge in [0.25, 0.3) is 0 Å². The molecule has 0 radical (unpaired) electrons. The van der Waals surface area contributed by atoms with Crippen LogP contribution in [0.25, 0.3) is 6.08 Å². The molecule has 1 aliphatic heterocycles. The second-order valence-electron chi connectivity index (χ2n) is 6.95. The minimum atomic E-state index is -0.587. The average molecular weight is 578 g/mol. The topological polar surface area (TPSA) is 113 Å². The van der Waals surface area contributed by atoms with Crippen molar-refractivity contribution in [2.24, 2.45) is 4.99 Å². The molecule has 1 N–H and O–H groups in total. The van der Waals surface area contributed by atoms with Gasteiger partial charge in [0, 0.05) is 18.2 Å². The molecule has 34 heavy (non-hydrogen) atoms. The Labute approximate surface area is 210 Å². The number of carbonyl (C=O) groups excluding carboxylic acids is 3. The first-order valence-corrected chi connectivity index (χ1v) is 11.5. The predicted molar refractivity (Wildman–Crippen MR) is 134 cm³/mol. The largest absolute Gasteiger partial charge is 0.490 e. The molecule has 2 aromatic carbocycles. The van der Waals surface area contributed by atoms with Crippen LogP contribution in [-0.4, -0.2) is 43.6 Å². The van der Waals surface area contributed by atoms with Gasteiger partial charge in [-0.1, -0.05) is 0 Å². The van der Waals surface area contributed by atoms with E-state index in [1.165, 1.54) is 6.92 Å². The summed E-state index contributed by atoms with van der Waals surface area (Å²) in [4.78, 5) is 39.5. The molecule has 0 atom stereocenters. The SMILES string of the molecule is CCOC(=O)COc1c(I)cc(/C=C2\N=C(c3ccc(NC(C)=O)cc3)OC2=O)cc1OCC. The van der Waals surface area contributed by atoms with Gasteiger partial charge >= 0.3 is 11.9 Å². The Morgan fingerprint density at radius 2 is 1.85 bits per heavy atom. The maximum atomic E-state index is 12.4. The van der Waals surface area contributed by atoms with Crippen molar-refractivity contribution in [3.63, 3.8) is 0 Å². The minimum Gasteiger partial charge on any atom is -0.490 e. The van der Waals surface area contributed by atoms with Crippen LogP contribution < -0.4 is 14.8 Å². The quantitative estimate of drug-likeness (QED) is 0.273. The molecule has 1 heterocycles. The summed E-state index contributed by atoms with van der Waals surface area (Å²) in [6.45, 7) is 5.37. The van der Waals surface area contributed by atoms with Crippen LogP contribution in [-0.2, 0) is 23.9 Å². The molecule has 0 aromatic heterocycles. The number of benzene rings is 2. The summed E-state index contributed by atoms with van der Waals surface area (Å²) in [5.74, 6) is -0.241. The third-order valence-corrected chi connectivity index (χ3v) is 5.15. The van der Waals surface area contributed by atoms with E-state index in [1.54, 1.807) is 49.4 Å². The molecule has 2 aromatic rings. The Kier molecular flexibility index (Phi) is 8.63. The van der Waals surface area contributed by atoms with Gasteiger partial charge in [-0.05, 0) is 84.5 Å². The van der Waals surface area contributed by atoms with Crippen LogP contribution in [0, 0.1) is 3.57 Å². The van der Waals surface area contributed by atoms with Crippen molar-refractivity contribution in [3.8, 4) is 11.5 Å². The van der Waals surface area contributed by atoms with Gasteiger partial charge in [-0.15, -0.1) is 0 Å². The number of rotatable bonds is 9. The van der Waals surface area contributed by atoms with Crippen molar-refractivity contribution in [1.82, 2.24) is 0 Å². The molecular formula is C24H23IN2O7. The second kappa shape index (κ2) is 11.6. The van der Waals surface area contributed by atoms with Crippen LogP contribution in [0.1, 0.15) is 31.9 Å². The summed E-state index contributed by atoms with van der Waals surface area (Å²) < 4.78 is 22.2. The zero-order valence-electron chi connectivity index (χ0n) is 18.8. The fraction of sp³-hybridized carbons (Fsp3) is 0.250. The zero-order valence-corrected chi connectivity index (χ0v) is 21.0. The van der Waals surface area contributed by atoms with E-state index in [4.69, 9.17) is 18.9 Å². The summed E-state index contributed by atoms with van der Waals surface area (Å²) in [6, 6.07) is 10.3. The number of hydrogen-bond acceptors (Lipinski definition) is 8. The number of hydrogen-bond donors (Lipinski definition) is 1. The summed E-state index contributed by atoms with van der Waals surface area (Å²) in [5.41, 5.74) is 1.99. The molecule has 0 saturated carbocycles. The van der Waals surface area contributed by atoms with Crippen LogP contribution in [0.3, 0.4) is 0 Å². The molecule has 9 nitrogen and oxygen atoms in total. The van der Waals surface area contributed by atoms with E-state index in [2.05, 4.69) is 32.9 Å². The van der Waals surface area contributed by atoms with E-state index in [0.717, 1.165) is 0 Å². The number of nitrogens with one attached hydrogen (secondary N) is 1. The Bertz CT molecular complexity index is 1160. The van der Waals surface area contributed by atoms with Crippen LogP contribution in [0.2, 0.25) is 0 Å². The van der Waals surface area contributed by atoms with E-state index in [0.29, 0.717) is 38.5 Å². The zero-order chi connectivity index (χ0) is 24.7. The molecule has 0 unspecified atom stereocenters.